The Bertz CT molecular complexity index is 432. The van der Waals surface area contributed by atoms with Crippen LogP contribution >= 0.6 is 0 Å². The number of benzene rings is 1. The Morgan fingerprint density at radius 2 is 2.06 bits per heavy atom. The van der Waals surface area contributed by atoms with Gasteiger partial charge in [-0.3, -0.25) is 4.79 Å². The van der Waals surface area contributed by atoms with Gasteiger partial charge in [0.2, 0.25) is 5.91 Å². The maximum Gasteiger partial charge on any atom is 0.234 e. The minimum atomic E-state index is -0.293. The van der Waals surface area contributed by atoms with Gasteiger partial charge < -0.3 is 10.6 Å². The van der Waals surface area contributed by atoms with E-state index in [1.165, 1.54) is 0 Å². The molecule has 1 amide bonds. The fraction of sp³-hybridized carbons (Fsp3) is 0.533. The van der Waals surface area contributed by atoms with E-state index >= 15 is 0 Å². The maximum atomic E-state index is 12.7. The summed E-state index contributed by atoms with van der Waals surface area (Å²) in [5.41, 5.74) is 7.69. The van der Waals surface area contributed by atoms with Crippen LogP contribution in [0.15, 0.2) is 24.3 Å². The summed E-state index contributed by atoms with van der Waals surface area (Å²) in [5, 5.41) is 0. The highest BCUT2D eigenvalue weighted by atomic mass is 16.2. The molecular formula is C15H22N2O. The van der Waals surface area contributed by atoms with Crippen LogP contribution in [-0.2, 0) is 4.79 Å². The molecule has 0 radical (unpaired) electrons. The number of nitrogens with zero attached hydrogens (tertiary/aromatic N) is 1. The Labute approximate surface area is 109 Å². The number of carbonyl (C=O) groups excluding carboxylic acids is 1. The van der Waals surface area contributed by atoms with E-state index in [0.717, 1.165) is 30.5 Å². The molecule has 0 bridgehead atoms. The highest BCUT2D eigenvalue weighted by Gasteiger charge is 2.45. The van der Waals surface area contributed by atoms with Crippen molar-refractivity contribution in [2.45, 2.75) is 33.1 Å². The molecular weight excluding hydrogens is 224 g/mol. The molecule has 0 aliphatic heterocycles. The minimum absolute atomic E-state index is 0.202. The first-order valence-electron chi connectivity index (χ1n) is 6.72. The van der Waals surface area contributed by atoms with Crippen molar-refractivity contribution >= 4 is 11.6 Å². The van der Waals surface area contributed by atoms with Crippen LogP contribution in [0, 0.1) is 12.3 Å². The molecule has 3 nitrogen and oxygen atoms in total. The molecule has 0 atom stereocenters. The lowest BCUT2D eigenvalue weighted by Crippen LogP contribution is -2.52. The molecule has 1 aliphatic rings. The van der Waals surface area contributed by atoms with Gasteiger partial charge in [0.05, 0.1) is 5.41 Å². The van der Waals surface area contributed by atoms with Crippen molar-refractivity contribution < 1.29 is 4.79 Å². The summed E-state index contributed by atoms with van der Waals surface area (Å²) in [6.07, 6.45) is 2.99. The van der Waals surface area contributed by atoms with Gasteiger partial charge in [-0.05, 0) is 38.3 Å². The van der Waals surface area contributed by atoms with E-state index in [4.69, 9.17) is 5.73 Å². The molecule has 18 heavy (non-hydrogen) atoms. The topological polar surface area (TPSA) is 46.3 Å². The molecule has 0 aromatic heterocycles. The molecule has 3 heteroatoms. The first-order chi connectivity index (χ1) is 8.64. The Morgan fingerprint density at radius 3 is 2.50 bits per heavy atom. The third kappa shape index (κ3) is 2.03. The van der Waals surface area contributed by atoms with Gasteiger partial charge in [-0.1, -0.05) is 24.6 Å². The SMILES string of the molecule is CCN(C(=O)C1(CN)CCC1)c1ccccc1C. The summed E-state index contributed by atoms with van der Waals surface area (Å²) < 4.78 is 0. The van der Waals surface area contributed by atoms with Gasteiger partial charge in [-0.25, -0.2) is 0 Å². The largest absolute Gasteiger partial charge is 0.329 e. The summed E-state index contributed by atoms with van der Waals surface area (Å²) in [5.74, 6) is 0.202. The summed E-state index contributed by atoms with van der Waals surface area (Å²) in [6.45, 7) is 5.23. The number of aryl methyl sites for hydroxylation is 1. The van der Waals surface area contributed by atoms with E-state index in [2.05, 4.69) is 0 Å². The minimum Gasteiger partial charge on any atom is -0.329 e. The first kappa shape index (κ1) is 13.1. The Kier molecular flexibility index (Phi) is 3.71. The van der Waals surface area contributed by atoms with Crippen molar-refractivity contribution in [1.29, 1.82) is 0 Å². The molecule has 1 fully saturated rings. The summed E-state index contributed by atoms with van der Waals surface area (Å²) in [6, 6.07) is 8.04. The molecule has 98 valence electrons. The fourth-order valence-corrected chi connectivity index (χ4v) is 2.68. The van der Waals surface area contributed by atoms with E-state index < -0.39 is 0 Å². The van der Waals surface area contributed by atoms with Crippen molar-refractivity contribution in [2.75, 3.05) is 18.0 Å². The number of hydrogen-bond donors (Lipinski definition) is 1. The van der Waals surface area contributed by atoms with E-state index in [0.29, 0.717) is 13.1 Å². The van der Waals surface area contributed by atoms with Crippen LogP contribution in [0.2, 0.25) is 0 Å². The Morgan fingerprint density at radius 1 is 1.39 bits per heavy atom. The average Bonchev–Trinajstić information content (AvgIpc) is 2.32. The van der Waals surface area contributed by atoms with Crippen LogP contribution in [0.1, 0.15) is 31.7 Å². The van der Waals surface area contributed by atoms with Gasteiger partial charge in [-0.15, -0.1) is 0 Å². The van der Waals surface area contributed by atoms with E-state index in [1.807, 2.05) is 43.0 Å². The smallest absolute Gasteiger partial charge is 0.234 e. The second-order valence-electron chi connectivity index (χ2n) is 5.17. The molecule has 1 aliphatic carbocycles. The first-order valence-corrected chi connectivity index (χ1v) is 6.72. The van der Waals surface area contributed by atoms with Crippen LogP contribution in [0.4, 0.5) is 5.69 Å². The Balaban J connectivity index is 2.29. The van der Waals surface area contributed by atoms with Gasteiger partial charge in [-0.2, -0.15) is 0 Å². The van der Waals surface area contributed by atoms with Crippen LogP contribution < -0.4 is 10.6 Å². The lowest BCUT2D eigenvalue weighted by molar-refractivity contribution is -0.132. The molecule has 0 spiro atoms. The number of amides is 1. The lowest BCUT2D eigenvalue weighted by atomic mass is 9.67. The number of nitrogens with two attached hydrogens (primary N) is 1. The van der Waals surface area contributed by atoms with Crippen molar-refractivity contribution in [1.82, 2.24) is 0 Å². The monoisotopic (exact) mass is 246 g/mol. The number of hydrogen-bond acceptors (Lipinski definition) is 2. The summed E-state index contributed by atoms with van der Waals surface area (Å²) in [7, 11) is 0. The Hall–Kier alpha value is -1.35. The molecule has 0 saturated heterocycles. The molecule has 2 rings (SSSR count). The number of para-hydroxylation sites is 1. The highest BCUT2D eigenvalue weighted by Crippen LogP contribution is 2.42. The predicted octanol–water partition coefficient (Wildman–Crippen LogP) is 2.48. The molecule has 1 aromatic rings. The molecule has 1 saturated carbocycles. The van der Waals surface area contributed by atoms with Gasteiger partial charge >= 0.3 is 0 Å². The normalized spacial score (nSPS) is 17.1. The zero-order chi connectivity index (χ0) is 13.2. The zero-order valence-electron chi connectivity index (χ0n) is 11.3. The molecule has 2 N–H and O–H groups in total. The number of rotatable bonds is 4. The zero-order valence-corrected chi connectivity index (χ0v) is 11.3. The van der Waals surface area contributed by atoms with Gasteiger partial charge in [0, 0.05) is 18.8 Å². The summed E-state index contributed by atoms with van der Waals surface area (Å²) >= 11 is 0. The second kappa shape index (κ2) is 5.11. The van der Waals surface area contributed by atoms with E-state index in [1.54, 1.807) is 0 Å². The van der Waals surface area contributed by atoms with E-state index in [9.17, 15) is 4.79 Å². The van der Waals surface area contributed by atoms with Crippen molar-refractivity contribution in [2.24, 2.45) is 11.1 Å². The second-order valence-corrected chi connectivity index (χ2v) is 5.17. The van der Waals surface area contributed by atoms with Gasteiger partial charge in [0.25, 0.3) is 0 Å². The third-order valence-electron chi connectivity index (χ3n) is 4.12. The number of anilines is 1. The van der Waals surface area contributed by atoms with E-state index in [-0.39, 0.29) is 11.3 Å². The molecule has 0 unspecified atom stereocenters. The lowest BCUT2D eigenvalue weighted by Gasteiger charge is -2.42. The highest BCUT2D eigenvalue weighted by molar-refractivity contribution is 5.98. The predicted molar refractivity (Wildman–Crippen MR) is 74.5 cm³/mol. The number of carbonyl (C=O) groups is 1. The molecule has 1 aromatic carbocycles. The van der Waals surface area contributed by atoms with Crippen molar-refractivity contribution in [3.8, 4) is 0 Å². The average molecular weight is 246 g/mol. The van der Waals surface area contributed by atoms with Crippen molar-refractivity contribution in [3.05, 3.63) is 29.8 Å². The molecule has 0 heterocycles. The quantitative estimate of drug-likeness (QED) is 0.887. The summed E-state index contributed by atoms with van der Waals surface area (Å²) in [4.78, 5) is 14.6. The van der Waals surface area contributed by atoms with Crippen LogP contribution in [0.3, 0.4) is 0 Å². The van der Waals surface area contributed by atoms with Crippen LogP contribution in [-0.4, -0.2) is 19.0 Å². The maximum absolute atomic E-state index is 12.7. The van der Waals surface area contributed by atoms with Crippen LogP contribution in [0.5, 0.6) is 0 Å². The van der Waals surface area contributed by atoms with Crippen molar-refractivity contribution in [3.63, 3.8) is 0 Å². The standard InChI is InChI=1S/C15H22N2O/c1-3-17(13-8-5-4-7-12(13)2)14(18)15(11-16)9-6-10-15/h4-5,7-8H,3,6,9-11,16H2,1-2H3. The van der Waals surface area contributed by atoms with Gasteiger partial charge in [0.15, 0.2) is 0 Å². The third-order valence-corrected chi connectivity index (χ3v) is 4.12. The fourth-order valence-electron chi connectivity index (χ4n) is 2.68. The van der Waals surface area contributed by atoms with Crippen LogP contribution in [0.25, 0.3) is 0 Å². The van der Waals surface area contributed by atoms with Gasteiger partial charge in [0.1, 0.15) is 0 Å².